The highest BCUT2D eigenvalue weighted by Gasteiger charge is 2.10. The fourth-order valence-corrected chi connectivity index (χ4v) is 2.44. The summed E-state index contributed by atoms with van der Waals surface area (Å²) in [4.78, 5) is 0. The zero-order valence-corrected chi connectivity index (χ0v) is 12.9. The highest BCUT2D eigenvalue weighted by Crippen LogP contribution is 2.24. The Hall–Kier alpha value is -1.39. The molecule has 0 amide bonds. The van der Waals surface area contributed by atoms with Gasteiger partial charge in [0.05, 0.1) is 6.61 Å². The molecule has 4 heteroatoms. The Morgan fingerprint density at radius 2 is 1.90 bits per heavy atom. The van der Waals surface area contributed by atoms with Crippen molar-refractivity contribution in [1.82, 2.24) is 0 Å². The minimum atomic E-state index is -0.248. The van der Waals surface area contributed by atoms with E-state index in [0.717, 1.165) is 21.3 Å². The summed E-state index contributed by atoms with van der Waals surface area (Å²) >= 11 is 3.42. The van der Waals surface area contributed by atoms with Crippen LogP contribution in [0.15, 0.2) is 46.9 Å². The van der Waals surface area contributed by atoms with Crippen LogP contribution >= 0.6 is 15.9 Å². The molecule has 2 nitrogen and oxygen atoms in total. The van der Waals surface area contributed by atoms with Crippen molar-refractivity contribution in [2.75, 3.05) is 6.61 Å². The average molecular weight is 338 g/mol. The smallest absolute Gasteiger partial charge is 0.123 e. The van der Waals surface area contributed by atoms with Crippen molar-refractivity contribution < 1.29 is 9.13 Å². The molecule has 2 N–H and O–H groups in total. The second kappa shape index (κ2) is 6.86. The summed E-state index contributed by atoms with van der Waals surface area (Å²) in [5, 5.41) is 0. The van der Waals surface area contributed by atoms with Crippen molar-refractivity contribution in [3.05, 3.63) is 63.9 Å². The second-order valence-corrected chi connectivity index (χ2v) is 5.40. The van der Waals surface area contributed by atoms with Gasteiger partial charge in [0.25, 0.3) is 0 Å². The Labute approximate surface area is 126 Å². The van der Waals surface area contributed by atoms with E-state index in [9.17, 15) is 4.39 Å². The summed E-state index contributed by atoms with van der Waals surface area (Å²) in [6.07, 6.45) is 0.576. The molecule has 1 atom stereocenters. The van der Waals surface area contributed by atoms with Crippen LogP contribution in [-0.2, 0) is 6.42 Å². The Morgan fingerprint density at radius 3 is 2.55 bits per heavy atom. The zero-order valence-electron chi connectivity index (χ0n) is 11.3. The van der Waals surface area contributed by atoms with E-state index < -0.39 is 0 Å². The topological polar surface area (TPSA) is 35.2 Å². The molecule has 0 aliphatic carbocycles. The van der Waals surface area contributed by atoms with Gasteiger partial charge < -0.3 is 10.5 Å². The summed E-state index contributed by atoms with van der Waals surface area (Å²) in [6, 6.07) is 12.2. The van der Waals surface area contributed by atoms with Gasteiger partial charge in [-0.05, 0) is 54.8 Å². The standard InChI is InChI=1S/C16H17BrFNO/c1-2-20-14-6-3-11(4-7-14)16(19)10-12-9-13(18)5-8-15(12)17/h3-9,16H,2,10,19H2,1H3. The molecule has 0 bridgehead atoms. The van der Waals surface area contributed by atoms with Crippen molar-refractivity contribution in [3.8, 4) is 5.75 Å². The van der Waals surface area contributed by atoms with Crippen molar-refractivity contribution in [1.29, 1.82) is 0 Å². The third kappa shape index (κ3) is 3.81. The fraction of sp³-hybridized carbons (Fsp3) is 0.250. The van der Waals surface area contributed by atoms with E-state index in [0.29, 0.717) is 13.0 Å². The lowest BCUT2D eigenvalue weighted by Gasteiger charge is -2.14. The van der Waals surface area contributed by atoms with E-state index in [1.54, 1.807) is 6.07 Å². The molecule has 2 aromatic rings. The maximum absolute atomic E-state index is 13.3. The number of hydrogen-bond acceptors (Lipinski definition) is 2. The summed E-state index contributed by atoms with van der Waals surface area (Å²) in [6.45, 7) is 2.59. The van der Waals surface area contributed by atoms with E-state index in [4.69, 9.17) is 10.5 Å². The molecule has 2 rings (SSSR count). The molecule has 0 aliphatic rings. The van der Waals surface area contributed by atoms with Crippen LogP contribution < -0.4 is 10.5 Å². The maximum Gasteiger partial charge on any atom is 0.123 e. The van der Waals surface area contributed by atoms with Crippen LogP contribution in [0.5, 0.6) is 5.75 Å². The SMILES string of the molecule is CCOc1ccc(C(N)Cc2cc(F)ccc2Br)cc1. The molecule has 20 heavy (non-hydrogen) atoms. The largest absolute Gasteiger partial charge is 0.494 e. The average Bonchev–Trinajstić information content (AvgIpc) is 2.44. The Balaban J connectivity index is 2.11. The van der Waals surface area contributed by atoms with Gasteiger partial charge >= 0.3 is 0 Å². The highest BCUT2D eigenvalue weighted by atomic mass is 79.9. The molecular formula is C16H17BrFNO. The summed E-state index contributed by atoms with van der Waals surface area (Å²) < 4.78 is 19.5. The lowest BCUT2D eigenvalue weighted by Crippen LogP contribution is -2.13. The van der Waals surface area contributed by atoms with Gasteiger partial charge in [0.2, 0.25) is 0 Å². The minimum Gasteiger partial charge on any atom is -0.494 e. The van der Waals surface area contributed by atoms with E-state index in [1.807, 2.05) is 31.2 Å². The Morgan fingerprint density at radius 1 is 1.20 bits per heavy atom. The number of rotatable bonds is 5. The lowest BCUT2D eigenvalue weighted by molar-refractivity contribution is 0.340. The molecule has 0 radical (unpaired) electrons. The Kier molecular flexibility index (Phi) is 5.15. The molecule has 1 unspecified atom stereocenters. The van der Waals surface area contributed by atoms with E-state index in [-0.39, 0.29) is 11.9 Å². The van der Waals surface area contributed by atoms with E-state index >= 15 is 0 Å². The molecule has 0 aromatic heterocycles. The van der Waals surface area contributed by atoms with Crippen molar-refractivity contribution >= 4 is 15.9 Å². The third-order valence-electron chi connectivity index (χ3n) is 3.07. The van der Waals surface area contributed by atoms with Gasteiger partial charge in [-0.25, -0.2) is 4.39 Å². The molecule has 0 aliphatic heterocycles. The number of halogens is 2. The first-order chi connectivity index (χ1) is 9.60. The van der Waals surface area contributed by atoms with Gasteiger partial charge in [0.1, 0.15) is 11.6 Å². The van der Waals surface area contributed by atoms with Crippen LogP contribution in [0, 0.1) is 5.82 Å². The number of benzene rings is 2. The fourth-order valence-electron chi connectivity index (χ4n) is 2.03. The van der Waals surface area contributed by atoms with Crippen molar-refractivity contribution in [2.24, 2.45) is 5.73 Å². The molecule has 0 saturated heterocycles. The van der Waals surface area contributed by atoms with Crippen LogP contribution in [0.2, 0.25) is 0 Å². The third-order valence-corrected chi connectivity index (χ3v) is 3.84. The second-order valence-electron chi connectivity index (χ2n) is 4.55. The van der Waals surface area contributed by atoms with Crippen LogP contribution in [0.4, 0.5) is 4.39 Å². The molecule has 0 heterocycles. The van der Waals surface area contributed by atoms with Gasteiger partial charge in [-0.3, -0.25) is 0 Å². The molecule has 0 fully saturated rings. The predicted octanol–water partition coefficient (Wildman–Crippen LogP) is 4.23. The predicted molar refractivity (Wildman–Crippen MR) is 82.3 cm³/mol. The molecule has 0 saturated carbocycles. The maximum atomic E-state index is 13.3. The van der Waals surface area contributed by atoms with Crippen LogP contribution in [0.3, 0.4) is 0 Å². The van der Waals surface area contributed by atoms with Gasteiger partial charge in [0.15, 0.2) is 0 Å². The van der Waals surface area contributed by atoms with E-state index in [1.165, 1.54) is 12.1 Å². The quantitative estimate of drug-likeness (QED) is 0.886. The lowest BCUT2D eigenvalue weighted by atomic mass is 9.99. The highest BCUT2D eigenvalue weighted by molar-refractivity contribution is 9.10. The summed E-state index contributed by atoms with van der Waals surface area (Å²) in [5.74, 6) is 0.581. The number of hydrogen-bond donors (Lipinski definition) is 1. The van der Waals surface area contributed by atoms with Crippen LogP contribution in [0.25, 0.3) is 0 Å². The van der Waals surface area contributed by atoms with E-state index in [2.05, 4.69) is 15.9 Å². The number of ether oxygens (including phenoxy) is 1. The van der Waals surface area contributed by atoms with Gasteiger partial charge in [-0.1, -0.05) is 28.1 Å². The minimum absolute atomic E-state index is 0.177. The Bertz CT molecular complexity index is 571. The zero-order chi connectivity index (χ0) is 14.5. The summed E-state index contributed by atoms with van der Waals surface area (Å²) in [7, 11) is 0. The molecule has 2 aromatic carbocycles. The normalized spacial score (nSPS) is 12.2. The molecular weight excluding hydrogens is 321 g/mol. The first-order valence-electron chi connectivity index (χ1n) is 6.52. The van der Waals surface area contributed by atoms with Gasteiger partial charge in [0, 0.05) is 10.5 Å². The number of nitrogens with two attached hydrogens (primary N) is 1. The first-order valence-corrected chi connectivity index (χ1v) is 7.31. The summed E-state index contributed by atoms with van der Waals surface area (Å²) in [5.41, 5.74) is 8.06. The van der Waals surface area contributed by atoms with Crippen molar-refractivity contribution in [2.45, 2.75) is 19.4 Å². The van der Waals surface area contributed by atoms with Gasteiger partial charge in [-0.15, -0.1) is 0 Å². The monoisotopic (exact) mass is 337 g/mol. The van der Waals surface area contributed by atoms with Crippen LogP contribution in [0.1, 0.15) is 24.1 Å². The van der Waals surface area contributed by atoms with Crippen molar-refractivity contribution in [3.63, 3.8) is 0 Å². The van der Waals surface area contributed by atoms with Crippen LogP contribution in [-0.4, -0.2) is 6.61 Å². The van der Waals surface area contributed by atoms with Gasteiger partial charge in [-0.2, -0.15) is 0 Å². The first kappa shape index (κ1) is 15.0. The molecule has 106 valence electrons. The molecule has 0 spiro atoms.